The van der Waals surface area contributed by atoms with Crippen molar-refractivity contribution in [1.29, 1.82) is 0 Å². The summed E-state index contributed by atoms with van der Waals surface area (Å²) in [5.41, 5.74) is 0.500. The molecule has 0 saturated heterocycles. The Hall–Kier alpha value is -0.830. The van der Waals surface area contributed by atoms with Crippen molar-refractivity contribution in [2.24, 2.45) is 5.41 Å². The average Bonchev–Trinajstić information content (AvgIpc) is 2.75. The fraction of sp³-hybridized carbons (Fsp3) is 0.824. The van der Waals surface area contributed by atoms with E-state index in [1.54, 1.807) is 0 Å². The summed E-state index contributed by atoms with van der Waals surface area (Å²) in [6.07, 6.45) is 8.02. The highest BCUT2D eigenvalue weighted by Gasteiger charge is 2.35. The highest BCUT2D eigenvalue weighted by atomic mass is 16.4. The van der Waals surface area contributed by atoms with Gasteiger partial charge in [0.15, 0.2) is 5.89 Å². The van der Waals surface area contributed by atoms with E-state index in [1.807, 2.05) is 6.20 Å². The SMILES string of the molecule is CC(C)(C)NCCc1ncc(C2CCCCC2(C)C)o1. The van der Waals surface area contributed by atoms with Crippen LogP contribution in [0.15, 0.2) is 10.6 Å². The molecule has 0 spiro atoms. The molecule has 1 fully saturated rings. The Morgan fingerprint density at radius 3 is 2.75 bits per heavy atom. The summed E-state index contributed by atoms with van der Waals surface area (Å²) in [5.74, 6) is 2.51. The van der Waals surface area contributed by atoms with Crippen LogP contribution in [0.1, 0.15) is 77.9 Å². The van der Waals surface area contributed by atoms with Crippen LogP contribution in [-0.2, 0) is 6.42 Å². The van der Waals surface area contributed by atoms with Gasteiger partial charge in [0.1, 0.15) is 5.76 Å². The van der Waals surface area contributed by atoms with Gasteiger partial charge in [0.05, 0.1) is 6.20 Å². The summed E-state index contributed by atoms with van der Waals surface area (Å²) < 4.78 is 6.02. The third-order valence-corrected chi connectivity index (χ3v) is 4.42. The molecule has 1 aromatic heterocycles. The molecule has 114 valence electrons. The highest BCUT2D eigenvalue weighted by Crippen LogP contribution is 2.46. The van der Waals surface area contributed by atoms with Gasteiger partial charge >= 0.3 is 0 Å². The molecule has 1 heterocycles. The second-order valence-corrected chi connectivity index (χ2v) is 7.87. The van der Waals surface area contributed by atoms with Crippen molar-refractivity contribution in [2.45, 2.75) is 78.2 Å². The summed E-state index contributed by atoms with van der Waals surface area (Å²) in [6.45, 7) is 12.2. The smallest absolute Gasteiger partial charge is 0.195 e. The Kier molecular flexibility index (Phi) is 4.58. The van der Waals surface area contributed by atoms with Gasteiger partial charge in [-0.1, -0.05) is 26.7 Å². The van der Waals surface area contributed by atoms with Crippen molar-refractivity contribution in [3.63, 3.8) is 0 Å². The molecule has 0 bridgehead atoms. The molecule has 0 radical (unpaired) electrons. The molecule has 3 heteroatoms. The Labute approximate surface area is 123 Å². The van der Waals surface area contributed by atoms with E-state index in [-0.39, 0.29) is 5.54 Å². The number of aromatic nitrogens is 1. The van der Waals surface area contributed by atoms with E-state index in [0.717, 1.165) is 24.6 Å². The molecule has 1 aliphatic carbocycles. The summed E-state index contributed by atoms with van der Waals surface area (Å²) in [6, 6.07) is 0. The number of hydrogen-bond acceptors (Lipinski definition) is 3. The molecule has 1 atom stereocenters. The van der Waals surface area contributed by atoms with Crippen molar-refractivity contribution >= 4 is 0 Å². The van der Waals surface area contributed by atoms with Gasteiger partial charge in [-0.3, -0.25) is 0 Å². The van der Waals surface area contributed by atoms with Gasteiger partial charge in [0, 0.05) is 24.4 Å². The van der Waals surface area contributed by atoms with Crippen molar-refractivity contribution in [2.75, 3.05) is 6.54 Å². The molecule has 0 aromatic carbocycles. The minimum Gasteiger partial charge on any atom is -0.445 e. The van der Waals surface area contributed by atoms with Gasteiger partial charge in [-0.15, -0.1) is 0 Å². The first-order valence-corrected chi connectivity index (χ1v) is 7.97. The van der Waals surface area contributed by atoms with E-state index < -0.39 is 0 Å². The molecule has 2 rings (SSSR count). The maximum absolute atomic E-state index is 6.02. The Morgan fingerprint density at radius 1 is 1.35 bits per heavy atom. The third kappa shape index (κ3) is 4.08. The van der Waals surface area contributed by atoms with E-state index in [4.69, 9.17) is 4.42 Å². The largest absolute Gasteiger partial charge is 0.445 e. The van der Waals surface area contributed by atoms with Crippen molar-refractivity contribution in [1.82, 2.24) is 10.3 Å². The van der Waals surface area contributed by atoms with Crippen LogP contribution in [0.5, 0.6) is 0 Å². The van der Waals surface area contributed by atoms with Crippen LogP contribution < -0.4 is 5.32 Å². The van der Waals surface area contributed by atoms with E-state index in [2.05, 4.69) is 44.9 Å². The van der Waals surface area contributed by atoms with Crippen molar-refractivity contribution in [3.05, 3.63) is 17.8 Å². The zero-order valence-corrected chi connectivity index (χ0v) is 13.8. The lowest BCUT2D eigenvalue weighted by atomic mass is 9.68. The summed E-state index contributed by atoms with van der Waals surface area (Å²) in [4.78, 5) is 4.47. The lowest BCUT2D eigenvalue weighted by Gasteiger charge is -2.37. The first-order valence-electron chi connectivity index (χ1n) is 7.97. The third-order valence-electron chi connectivity index (χ3n) is 4.42. The number of rotatable bonds is 4. The normalized spacial score (nSPS) is 22.9. The molecule has 1 unspecified atom stereocenters. The molecular formula is C17H30N2O. The Morgan fingerprint density at radius 2 is 2.10 bits per heavy atom. The Balaban J connectivity index is 1.95. The van der Waals surface area contributed by atoms with Crippen LogP contribution in [-0.4, -0.2) is 17.1 Å². The lowest BCUT2D eigenvalue weighted by molar-refractivity contribution is 0.176. The fourth-order valence-corrected chi connectivity index (χ4v) is 3.17. The van der Waals surface area contributed by atoms with Crippen LogP contribution >= 0.6 is 0 Å². The number of oxazole rings is 1. The monoisotopic (exact) mass is 278 g/mol. The van der Waals surface area contributed by atoms with Crippen molar-refractivity contribution < 1.29 is 4.42 Å². The van der Waals surface area contributed by atoms with E-state index in [1.165, 1.54) is 25.7 Å². The predicted octanol–water partition coefficient (Wildman–Crippen LogP) is 4.29. The maximum atomic E-state index is 6.02. The van der Waals surface area contributed by atoms with E-state index >= 15 is 0 Å². The van der Waals surface area contributed by atoms with E-state index in [0.29, 0.717) is 11.3 Å². The van der Waals surface area contributed by atoms with Gasteiger partial charge in [-0.05, 0) is 39.0 Å². The quantitative estimate of drug-likeness (QED) is 0.893. The molecular weight excluding hydrogens is 248 g/mol. The number of nitrogens with one attached hydrogen (secondary N) is 1. The van der Waals surface area contributed by atoms with Crippen LogP contribution in [0.4, 0.5) is 0 Å². The molecule has 1 N–H and O–H groups in total. The van der Waals surface area contributed by atoms with Crippen LogP contribution in [0.25, 0.3) is 0 Å². The first kappa shape index (κ1) is 15.6. The minimum atomic E-state index is 0.154. The molecule has 0 aliphatic heterocycles. The number of hydrogen-bond donors (Lipinski definition) is 1. The summed E-state index contributed by atoms with van der Waals surface area (Å²) >= 11 is 0. The van der Waals surface area contributed by atoms with Crippen LogP contribution in [0, 0.1) is 5.41 Å². The predicted molar refractivity (Wildman–Crippen MR) is 83.0 cm³/mol. The summed E-state index contributed by atoms with van der Waals surface area (Å²) in [7, 11) is 0. The zero-order valence-electron chi connectivity index (χ0n) is 13.8. The van der Waals surface area contributed by atoms with Gasteiger partial charge in [0.2, 0.25) is 0 Å². The highest BCUT2D eigenvalue weighted by molar-refractivity contribution is 5.08. The molecule has 1 aliphatic rings. The van der Waals surface area contributed by atoms with Gasteiger partial charge in [-0.2, -0.15) is 0 Å². The van der Waals surface area contributed by atoms with Crippen molar-refractivity contribution in [3.8, 4) is 0 Å². The van der Waals surface area contributed by atoms with Crippen LogP contribution in [0.3, 0.4) is 0 Å². The van der Waals surface area contributed by atoms with Crippen LogP contribution in [0.2, 0.25) is 0 Å². The molecule has 3 nitrogen and oxygen atoms in total. The maximum Gasteiger partial charge on any atom is 0.195 e. The fourth-order valence-electron chi connectivity index (χ4n) is 3.17. The average molecular weight is 278 g/mol. The molecule has 1 saturated carbocycles. The first-order chi connectivity index (χ1) is 9.28. The standard InChI is InChI=1S/C17H30N2O/c1-16(2,3)19-11-9-15-18-12-14(20-15)13-8-6-7-10-17(13,4)5/h12-13,19H,6-11H2,1-5H3. The topological polar surface area (TPSA) is 38.1 Å². The number of nitrogens with zero attached hydrogens (tertiary/aromatic N) is 1. The molecule has 1 aromatic rings. The van der Waals surface area contributed by atoms with Gasteiger partial charge in [0.25, 0.3) is 0 Å². The second kappa shape index (κ2) is 5.88. The van der Waals surface area contributed by atoms with Gasteiger partial charge in [-0.25, -0.2) is 4.98 Å². The summed E-state index contributed by atoms with van der Waals surface area (Å²) in [5, 5.41) is 3.48. The lowest BCUT2D eigenvalue weighted by Crippen LogP contribution is -2.37. The van der Waals surface area contributed by atoms with Gasteiger partial charge < -0.3 is 9.73 Å². The molecule has 0 amide bonds. The molecule has 20 heavy (non-hydrogen) atoms. The second-order valence-electron chi connectivity index (χ2n) is 7.87. The Bertz CT molecular complexity index is 428. The zero-order chi connectivity index (χ0) is 14.8. The van der Waals surface area contributed by atoms with E-state index in [9.17, 15) is 0 Å². The minimum absolute atomic E-state index is 0.154.